The standard InChI is InChI=1S/C28H38N3O7PS/c1-7-37-39(34,38-8-2)23-17-19(31-40(6,35)36)13-14-22(23)30-27(29)24-25(32)20-11-9-10-12-21(20)28(5,26(24)33)16-15-18(3)4/h9-14,17-18,24,31H,7-8,15-16H2,1-6H3,(H2,29,30). The quantitative estimate of drug-likeness (QED) is 0.156. The second kappa shape index (κ2) is 12.3. The van der Waals surface area contributed by atoms with Crippen molar-refractivity contribution in [3.8, 4) is 0 Å². The van der Waals surface area contributed by atoms with Gasteiger partial charge >= 0.3 is 7.60 Å². The van der Waals surface area contributed by atoms with Gasteiger partial charge in [-0.25, -0.2) is 13.4 Å². The Kier molecular flexibility index (Phi) is 9.78. The summed E-state index contributed by atoms with van der Waals surface area (Å²) in [5.41, 5.74) is 6.68. The summed E-state index contributed by atoms with van der Waals surface area (Å²) in [4.78, 5) is 32.0. The van der Waals surface area contributed by atoms with Crippen LogP contribution in [0.4, 0.5) is 11.4 Å². The van der Waals surface area contributed by atoms with Crippen LogP contribution in [0.1, 0.15) is 63.4 Å². The molecular weight excluding hydrogens is 553 g/mol. The number of ketones is 2. The average molecular weight is 592 g/mol. The van der Waals surface area contributed by atoms with Crippen molar-refractivity contribution in [1.29, 1.82) is 0 Å². The van der Waals surface area contributed by atoms with Crippen LogP contribution in [-0.2, 0) is 33.8 Å². The normalized spacial score (nSPS) is 20.1. The second-order valence-corrected chi connectivity index (χ2v) is 14.2. The fourth-order valence-electron chi connectivity index (χ4n) is 4.84. The topological polar surface area (TPSA) is 154 Å². The summed E-state index contributed by atoms with van der Waals surface area (Å²) < 4.78 is 50.8. The highest BCUT2D eigenvalue weighted by Crippen LogP contribution is 2.50. The van der Waals surface area contributed by atoms with E-state index in [4.69, 9.17) is 14.8 Å². The molecule has 0 spiro atoms. The van der Waals surface area contributed by atoms with Gasteiger partial charge in [-0.2, -0.15) is 0 Å². The van der Waals surface area contributed by atoms with Gasteiger partial charge in [-0.3, -0.25) is 18.9 Å². The lowest BCUT2D eigenvalue weighted by molar-refractivity contribution is -0.125. The molecule has 0 bridgehead atoms. The number of benzene rings is 2. The smallest absolute Gasteiger partial charge is 0.363 e. The Balaban J connectivity index is 2.19. The van der Waals surface area contributed by atoms with Gasteiger partial charge < -0.3 is 14.8 Å². The number of nitrogens with zero attached hydrogens (tertiary/aromatic N) is 1. The molecule has 40 heavy (non-hydrogen) atoms. The number of hydrogen-bond acceptors (Lipinski definition) is 8. The Labute approximate surface area is 236 Å². The number of nitrogens with one attached hydrogen (secondary N) is 1. The van der Waals surface area contributed by atoms with Crippen molar-refractivity contribution in [2.45, 2.75) is 52.9 Å². The molecule has 10 nitrogen and oxygen atoms in total. The Morgan fingerprint density at radius 3 is 2.33 bits per heavy atom. The molecule has 3 rings (SSSR count). The minimum atomic E-state index is -4.00. The predicted octanol–water partition coefficient (Wildman–Crippen LogP) is 4.71. The maximum absolute atomic E-state index is 14.0. The van der Waals surface area contributed by atoms with Gasteiger partial charge in [0.25, 0.3) is 0 Å². The van der Waals surface area contributed by atoms with E-state index in [1.165, 1.54) is 18.2 Å². The number of rotatable bonds is 12. The first kappa shape index (κ1) is 31.7. The van der Waals surface area contributed by atoms with Crippen LogP contribution in [0.2, 0.25) is 0 Å². The lowest BCUT2D eigenvalue weighted by Gasteiger charge is -2.38. The highest BCUT2D eigenvalue weighted by molar-refractivity contribution is 7.92. The number of sulfonamides is 1. The Hall–Kier alpha value is -2.85. The molecule has 2 unspecified atom stereocenters. The third kappa shape index (κ3) is 6.71. The molecular formula is C28H38N3O7PS. The third-order valence-electron chi connectivity index (χ3n) is 6.79. The maximum atomic E-state index is 14.0. The summed E-state index contributed by atoms with van der Waals surface area (Å²) in [7, 11) is -7.65. The second-order valence-electron chi connectivity index (χ2n) is 10.4. The molecule has 0 radical (unpaired) electrons. The van der Waals surface area contributed by atoms with Gasteiger partial charge in [-0.15, -0.1) is 0 Å². The summed E-state index contributed by atoms with van der Waals surface area (Å²) in [5, 5.41) is -0.0496. The van der Waals surface area contributed by atoms with E-state index in [0.29, 0.717) is 23.5 Å². The number of aliphatic imine (C=N–C) groups is 1. The summed E-state index contributed by atoms with van der Waals surface area (Å²) in [6, 6.07) is 11.1. The van der Waals surface area contributed by atoms with Gasteiger partial charge in [-0.05, 0) is 63.3 Å². The van der Waals surface area contributed by atoms with Gasteiger partial charge in [0.1, 0.15) is 11.8 Å². The van der Waals surface area contributed by atoms with E-state index in [1.54, 1.807) is 32.0 Å². The Morgan fingerprint density at radius 1 is 1.12 bits per heavy atom. The van der Waals surface area contributed by atoms with E-state index in [2.05, 4.69) is 23.6 Å². The van der Waals surface area contributed by atoms with Gasteiger partial charge in [0.05, 0.1) is 35.9 Å². The largest absolute Gasteiger partial charge is 0.386 e. The molecule has 2 aromatic rings. The third-order valence-corrected chi connectivity index (χ3v) is 9.55. The van der Waals surface area contributed by atoms with Crippen molar-refractivity contribution in [2.24, 2.45) is 22.6 Å². The van der Waals surface area contributed by atoms with Crippen molar-refractivity contribution in [3.05, 3.63) is 53.6 Å². The zero-order valence-corrected chi connectivity index (χ0v) is 25.5. The molecule has 0 aromatic heterocycles. The van der Waals surface area contributed by atoms with Gasteiger partial charge in [0, 0.05) is 11.3 Å². The first-order chi connectivity index (χ1) is 18.7. The average Bonchev–Trinajstić information content (AvgIpc) is 2.87. The molecule has 0 saturated carbocycles. The molecule has 1 aliphatic rings. The number of Topliss-reactive ketones (excluding diaryl/α,β-unsaturated/α-hetero) is 2. The molecule has 3 N–H and O–H groups in total. The fraction of sp³-hybridized carbons (Fsp3) is 0.464. The minimum Gasteiger partial charge on any atom is -0.386 e. The van der Waals surface area contributed by atoms with Crippen LogP contribution in [0.3, 0.4) is 0 Å². The van der Waals surface area contributed by atoms with E-state index in [1.807, 2.05) is 13.0 Å². The number of carbonyl (C=O) groups is 2. The number of amidine groups is 1. The van der Waals surface area contributed by atoms with Crippen LogP contribution in [0, 0.1) is 11.8 Å². The first-order valence-electron chi connectivity index (χ1n) is 13.2. The van der Waals surface area contributed by atoms with E-state index >= 15 is 0 Å². The van der Waals surface area contributed by atoms with Crippen LogP contribution in [-0.4, -0.2) is 45.3 Å². The van der Waals surface area contributed by atoms with Crippen molar-refractivity contribution in [1.82, 2.24) is 0 Å². The molecule has 1 aliphatic carbocycles. The van der Waals surface area contributed by atoms with Crippen LogP contribution >= 0.6 is 7.60 Å². The molecule has 2 atom stereocenters. The highest BCUT2D eigenvalue weighted by Gasteiger charge is 2.50. The Bertz CT molecular complexity index is 1460. The molecule has 0 fully saturated rings. The van der Waals surface area contributed by atoms with Crippen molar-refractivity contribution in [2.75, 3.05) is 24.2 Å². The summed E-state index contributed by atoms with van der Waals surface area (Å²) in [5.74, 6) is -2.09. The number of anilines is 1. The number of nitrogens with two attached hydrogens (primary N) is 1. The van der Waals surface area contributed by atoms with E-state index in [-0.39, 0.29) is 41.5 Å². The number of fused-ring (bicyclic) bond motifs is 1. The summed E-state index contributed by atoms with van der Waals surface area (Å²) in [6.45, 7) is 9.31. The maximum Gasteiger partial charge on any atom is 0.363 e. The van der Waals surface area contributed by atoms with Crippen LogP contribution < -0.4 is 15.8 Å². The molecule has 0 aliphatic heterocycles. The van der Waals surface area contributed by atoms with Crippen molar-refractivity contribution in [3.63, 3.8) is 0 Å². The van der Waals surface area contributed by atoms with Gasteiger partial charge in [0.15, 0.2) is 11.6 Å². The lowest BCUT2D eigenvalue weighted by atomic mass is 9.63. The molecule has 0 heterocycles. The van der Waals surface area contributed by atoms with Crippen molar-refractivity contribution >= 4 is 51.7 Å². The van der Waals surface area contributed by atoms with E-state index in [0.717, 1.165) is 12.7 Å². The zero-order valence-electron chi connectivity index (χ0n) is 23.8. The van der Waals surface area contributed by atoms with E-state index in [9.17, 15) is 22.6 Å². The predicted molar refractivity (Wildman–Crippen MR) is 157 cm³/mol. The number of hydrogen-bond donors (Lipinski definition) is 2. The van der Waals surface area contributed by atoms with Crippen molar-refractivity contribution < 1.29 is 31.6 Å². The molecule has 0 amide bonds. The van der Waals surface area contributed by atoms with E-state index < -0.39 is 34.7 Å². The molecule has 218 valence electrons. The monoisotopic (exact) mass is 591 g/mol. The summed E-state index contributed by atoms with van der Waals surface area (Å²) in [6.07, 6.45) is 2.27. The van der Waals surface area contributed by atoms with Crippen LogP contribution in [0.25, 0.3) is 0 Å². The SMILES string of the molecule is CCOP(=O)(OCC)c1cc(NS(C)(=O)=O)ccc1N=C(N)C1C(=O)c2ccccc2C(C)(CCC(C)C)C1=O. The van der Waals surface area contributed by atoms with Crippen LogP contribution in [0.5, 0.6) is 0 Å². The highest BCUT2D eigenvalue weighted by atomic mass is 32.2. The molecule has 0 saturated heterocycles. The summed E-state index contributed by atoms with van der Waals surface area (Å²) >= 11 is 0. The number of carbonyl (C=O) groups excluding carboxylic acids is 2. The first-order valence-corrected chi connectivity index (χ1v) is 16.6. The van der Waals surface area contributed by atoms with Gasteiger partial charge in [-0.1, -0.05) is 38.1 Å². The zero-order chi connectivity index (χ0) is 29.9. The minimum absolute atomic E-state index is 0.0320. The molecule has 2 aromatic carbocycles. The van der Waals surface area contributed by atoms with Crippen LogP contribution in [0.15, 0.2) is 47.5 Å². The van der Waals surface area contributed by atoms with Gasteiger partial charge in [0.2, 0.25) is 10.0 Å². The fourth-order valence-corrected chi connectivity index (χ4v) is 7.13. The Morgan fingerprint density at radius 2 is 1.75 bits per heavy atom. The lowest BCUT2D eigenvalue weighted by Crippen LogP contribution is -2.51. The molecule has 12 heteroatoms.